The third-order valence-corrected chi connectivity index (χ3v) is 6.12. The van der Waals surface area contributed by atoms with Crippen molar-refractivity contribution < 1.29 is 14.0 Å². The SMILES string of the molecule is Cc1ccc(N2C[C@@H](c3nnc(NC(=O)c4ccc(F)cc4)s3)CC2=O)cc1Cl. The van der Waals surface area contributed by atoms with Crippen molar-refractivity contribution in [3.05, 3.63) is 69.4 Å². The zero-order chi connectivity index (χ0) is 20.5. The van der Waals surface area contributed by atoms with E-state index >= 15 is 0 Å². The molecule has 4 rings (SSSR count). The maximum atomic E-state index is 13.0. The number of carbonyl (C=O) groups is 2. The molecule has 29 heavy (non-hydrogen) atoms. The number of aryl methyl sites for hydroxylation is 1. The van der Waals surface area contributed by atoms with Crippen molar-refractivity contribution in [2.45, 2.75) is 19.3 Å². The van der Waals surface area contributed by atoms with Crippen molar-refractivity contribution in [3.8, 4) is 0 Å². The molecule has 2 heterocycles. The number of hydrogen-bond acceptors (Lipinski definition) is 5. The lowest BCUT2D eigenvalue weighted by atomic mass is 10.1. The van der Waals surface area contributed by atoms with Gasteiger partial charge in [0, 0.05) is 35.2 Å². The Morgan fingerprint density at radius 2 is 2.00 bits per heavy atom. The highest BCUT2D eigenvalue weighted by atomic mass is 35.5. The predicted molar refractivity (Wildman–Crippen MR) is 110 cm³/mol. The van der Waals surface area contributed by atoms with Gasteiger partial charge in [0.15, 0.2) is 0 Å². The molecule has 0 saturated carbocycles. The predicted octanol–water partition coefficient (Wildman–Crippen LogP) is 4.41. The maximum Gasteiger partial charge on any atom is 0.257 e. The number of benzene rings is 2. The smallest absolute Gasteiger partial charge is 0.257 e. The number of rotatable bonds is 4. The number of hydrogen-bond donors (Lipinski definition) is 1. The summed E-state index contributed by atoms with van der Waals surface area (Å²) in [5.74, 6) is -0.935. The van der Waals surface area contributed by atoms with E-state index in [9.17, 15) is 14.0 Å². The van der Waals surface area contributed by atoms with Crippen LogP contribution in [-0.2, 0) is 4.79 Å². The van der Waals surface area contributed by atoms with Crippen LogP contribution in [0, 0.1) is 12.7 Å². The van der Waals surface area contributed by atoms with Gasteiger partial charge in [0.2, 0.25) is 11.0 Å². The summed E-state index contributed by atoms with van der Waals surface area (Å²) in [6.45, 7) is 2.38. The van der Waals surface area contributed by atoms with Crippen LogP contribution in [0.2, 0.25) is 5.02 Å². The van der Waals surface area contributed by atoms with Crippen LogP contribution in [0.3, 0.4) is 0 Å². The van der Waals surface area contributed by atoms with Gasteiger partial charge in [0.05, 0.1) is 0 Å². The Balaban J connectivity index is 1.45. The van der Waals surface area contributed by atoms with E-state index < -0.39 is 11.7 Å². The molecule has 0 radical (unpaired) electrons. The van der Waals surface area contributed by atoms with E-state index in [1.165, 1.54) is 35.6 Å². The van der Waals surface area contributed by atoms with Crippen molar-refractivity contribution in [1.29, 1.82) is 0 Å². The van der Waals surface area contributed by atoms with E-state index in [4.69, 9.17) is 11.6 Å². The summed E-state index contributed by atoms with van der Waals surface area (Å²) in [4.78, 5) is 26.4. The van der Waals surface area contributed by atoms with E-state index in [1.54, 1.807) is 11.0 Å². The van der Waals surface area contributed by atoms with Crippen molar-refractivity contribution in [3.63, 3.8) is 0 Å². The fraction of sp³-hybridized carbons (Fsp3) is 0.200. The van der Waals surface area contributed by atoms with Crippen LogP contribution in [0.15, 0.2) is 42.5 Å². The molecule has 1 N–H and O–H groups in total. The van der Waals surface area contributed by atoms with Crippen LogP contribution in [0.25, 0.3) is 0 Å². The fourth-order valence-corrected chi connectivity index (χ4v) is 4.10. The maximum absolute atomic E-state index is 13.0. The zero-order valence-corrected chi connectivity index (χ0v) is 16.9. The van der Waals surface area contributed by atoms with E-state index in [0.29, 0.717) is 33.7 Å². The number of nitrogens with one attached hydrogen (secondary N) is 1. The quantitative estimate of drug-likeness (QED) is 0.665. The van der Waals surface area contributed by atoms with Crippen molar-refractivity contribution in [2.75, 3.05) is 16.8 Å². The highest BCUT2D eigenvalue weighted by Gasteiger charge is 2.34. The second kappa shape index (κ2) is 7.88. The van der Waals surface area contributed by atoms with Crippen LogP contribution in [0.4, 0.5) is 15.2 Å². The van der Waals surface area contributed by atoms with Gasteiger partial charge in [-0.1, -0.05) is 29.0 Å². The van der Waals surface area contributed by atoms with Gasteiger partial charge >= 0.3 is 0 Å². The summed E-state index contributed by atoms with van der Waals surface area (Å²) in [6, 6.07) is 10.8. The van der Waals surface area contributed by atoms with Gasteiger partial charge < -0.3 is 4.90 Å². The molecule has 1 aromatic heterocycles. The minimum absolute atomic E-state index is 0.0120. The molecule has 1 atom stereocenters. The third-order valence-electron chi connectivity index (χ3n) is 4.71. The lowest BCUT2D eigenvalue weighted by Gasteiger charge is -2.17. The standard InChI is InChI=1S/C20H16ClFN4O2S/c1-11-2-7-15(9-16(11)21)26-10-13(8-17(26)27)19-24-25-20(29-19)23-18(28)12-3-5-14(22)6-4-12/h2-7,9,13H,8,10H2,1H3,(H,23,25,28)/t13-/m0/s1. The monoisotopic (exact) mass is 430 g/mol. The Labute approximate surface area is 175 Å². The number of halogens is 2. The molecule has 148 valence electrons. The zero-order valence-electron chi connectivity index (χ0n) is 15.4. The van der Waals surface area contributed by atoms with Gasteiger partial charge in [-0.3, -0.25) is 14.9 Å². The molecule has 0 aliphatic carbocycles. The molecule has 9 heteroatoms. The number of nitrogens with zero attached hydrogens (tertiary/aromatic N) is 3. The van der Waals surface area contributed by atoms with Gasteiger partial charge in [-0.2, -0.15) is 0 Å². The first kappa shape index (κ1) is 19.5. The van der Waals surface area contributed by atoms with Gasteiger partial charge in [-0.25, -0.2) is 4.39 Å². The van der Waals surface area contributed by atoms with Crippen LogP contribution < -0.4 is 10.2 Å². The number of amides is 2. The highest BCUT2D eigenvalue weighted by molar-refractivity contribution is 7.15. The largest absolute Gasteiger partial charge is 0.312 e. The Hall–Kier alpha value is -2.84. The average Bonchev–Trinajstić information content (AvgIpc) is 3.31. The van der Waals surface area contributed by atoms with Crippen molar-refractivity contribution in [2.24, 2.45) is 0 Å². The van der Waals surface area contributed by atoms with E-state index in [0.717, 1.165) is 11.3 Å². The first-order valence-corrected chi connectivity index (χ1v) is 10.1. The molecule has 1 aliphatic heterocycles. The summed E-state index contributed by atoms with van der Waals surface area (Å²) < 4.78 is 13.0. The summed E-state index contributed by atoms with van der Waals surface area (Å²) in [5, 5.41) is 12.4. The third kappa shape index (κ3) is 4.13. The van der Waals surface area contributed by atoms with Gasteiger partial charge in [0.25, 0.3) is 5.91 Å². The van der Waals surface area contributed by atoms with Crippen LogP contribution in [-0.4, -0.2) is 28.6 Å². The van der Waals surface area contributed by atoms with Gasteiger partial charge in [-0.15, -0.1) is 10.2 Å². The number of carbonyl (C=O) groups excluding carboxylic acids is 2. The molecule has 3 aromatic rings. The van der Waals surface area contributed by atoms with E-state index in [2.05, 4.69) is 15.5 Å². The van der Waals surface area contributed by atoms with E-state index in [1.807, 2.05) is 19.1 Å². The van der Waals surface area contributed by atoms with Crippen LogP contribution >= 0.6 is 22.9 Å². The van der Waals surface area contributed by atoms with Crippen LogP contribution in [0.5, 0.6) is 0 Å². The summed E-state index contributed by atoms with van der Waals surface area (Å²) in [6.07, 6.45) is 0.312. The molecule has 0 bridgehead atoms. The van der Waals surface area contributed by atoms with Crippen molar-refractivity contribution in [1.82, 2.24) is 10.2 Å². The molecule has 2 amide bonds. The molecule has 0 spiro atoms. The number of aromatic nitrogens is 2. The Bertz CT molecular complexity index is 1090. The summed E-state index contributed by atoms with van der Waals surface area (Å²) in [5.41, 5.74) is 2.02. The first-order valence-electron chi connectivity index (χ1n) is 8.87. The minimum Gasteiger partial charge on any atom is -0.312 e. The molecular formula is C20H16ClFN4O2S. The molecular weight excluding hydrogens is 415 g/mol. The molecule has 6 nitrogen and oxygen atoms in total. The van der Waals surface area contributed by atoms with Crippen LogP contribution in [0.1, 0.15) is 33.3 Å². The molecule has 1 aliphatic rings. The Morgan fingerprint density at radius 3 is 2.72 bits per heavy atom. The Morgan fingerprint density at radius 1 is 1.24 bits per heavy atom. The summed E-state index contributed by atoms with van der Waals surface area (Å²) >= 11 is 7.41. The normalized spacial score (nSPS) is 16.3. The molecule has 1 saturated heterocycles. The number of anilines is 2. The summed E-state index contributed by atoms with van der Waals surface area (Å²) in [7, 11) is 0. The average molecular weight is 431 g/mol. The molecule has 2 aromatic carbocycles. The first-order chi connectivity index (χ1) is 13.9. The highest BCUT2D eigenvalue weighted by Crippen LogP contribution is 2.35. The Kier molecular flexibility index (Phi) is 5.29. The van der Waals surface area contributed by atoms with Gasteiger partial charge in [-0.05, 0) is 48.9 Å². The van der Waals surface area contributed by atoms with Gasteiger partial charge in [0.1, 0.15) is 10.8 Å². The van der Waals surface area contributed by atoms with Crippen molar-refractivity contribution >= 4 is 45.6 Å². The second-order valence-electron chi connectivity index (χ2n) is 6.75. The van der Waals surface area contributed by atoms with E-state index in [-0.39, 0.29) is 11.8 Å². The molecule has 1 fully saturated rings. The minimum atomic E-state index is -0.412. The lowest BCUT2D eigenvalue weighted by molar-refractivity contribution is -0.117. The molecule has 0 unspecified atom stereocenters. The second-order valence-corrected chi connectivity index (χ2v) is 8.16. The topological polar surface area (TPSA) is 75.2 Å². The lowest BCUT2D eigenvalue weighted by Crippen LogP contribution is -2.24. The fourth-order valence-electron chi connectivity index (χ4n) is 3.09.